The second-order valence-electron chi connectivity index (χ2n) is 4.73. The Morgan fingerprint density at radius 1 is 1.24 bits per heavy atom. The highest BCUT2D eigenvalue weighted by Gasteiger charge is 2.13. The predicted molar refractivity (Wildman–Crippen MR) is 83.6 cm³/mol. The van der Waals surface area contributed by atoms with Gasteiger partial charge < -0.3 is 10.4 Å². The van der Waals surface area contributed by atoms with Crippen LogP contribution in [-0.2, 0) is 6.54 Å². The summed E-state index contributed by atoms with van der Waals surface area (Å²) in [5.74, 6) is -0.269. The molecule has 1 heterocycles. The number of phenols is 1. The first kappa shape index (κ1) is 13.6. The lowest BCUT2D eigenvalue weighted by atomic mass is 10.1. The fraction of sp³-hybridized carbons (Fsp3) is 0.125. The molecule has 5 heteroatoms. The molecule has 0 bridgehead atoms. The molecule has 3 rings (SSSR count). The van der Waals surface area contributed by atoms with Crippen LogP contribution in [0.2, 0.25) is 0 Å². The summed E-state index contributed by atoms with van der Waals surface area (Å²) in [6, 6.07) is 13.0. The Bertz CT molecular complexity index is 778. The average Bonchev–Trinajstić information content (AvgIpc) is 2.90. The minimum atomic E-state index is -0.296. The Kier molecular flexibility index (Phi) is 3.58. The molecule has 4 nitrogen and oxygen atoms in total. The molecule has 1 amide bonds. The van der Waals surface area contributed by atoms with E-state index in [2.05, 4.69) is 10.3 Å². The van der Waals surface area contributed by atoms with Crippen LogP contribution in [0.1, 0.15) is 20.9 Å². The summed E-state index contributed by atoms with van der Waals surface area (Å²) >= 11 is 1.55. The summed E-state index contributed by atoms with van der Waals surface area (Å²) in [6.07, 6.45) is 0. The van der Waals surface area contributed by atoms with Gasteiger partial charge in [-0.1, -0.05) is 24.3 Å². The van der Waals surface area contributed by atoms with Crippen molar-refractivity contribution in [2.24, 2.45) is 0 Å². The number of aryl methyl sites for hydroxylation is 1. The van der Waals surface area contributed by atoms with Gasteiger partial charge in [0.05, 0.1) is 22.3 Å². The number of hydrogen-bond acceptors (Lipinski definition) is 4. The molecule has 1 aromatic heterocycles. The molecule has 0 fully saturated rings. The number of carbonyl (C=O) groups excluding carboxylic acids is 1. The molecule has 2 N–H and O–H groups in total. The number of aromatic hydroxyl groups is 1. The molecular formula is C16H14N2O2S. The number of benzene rings is 2. The number of phenolic OH excluding ortho intramolecular Hbond substituents is 1. The molecule has 21 heavy (non-hydrogen) atoms. The molecule has 0 radical (unpaired) electrons. The van der Waals surface area contributed by atoms with Crippen LogP contribution < -0.4 is 5.32 Å². The molecule has 0 spiro atoms. The first-order valence-electron chi connectivity index (χ1n) is 6.56. The molecule has 0 atom stereocenters. The van der Waals surface area contributed by atoms with Crippen molar-refractivity contribution in [3.8, 4) is 5.75 Å². The zero-order chi connectivity index (χ0) is 14.8. The molecule has 0 saturated heterocycles. The van der Waals surface area contributed by atoms with Gasteiger partial charge in [0.2, 0.25) is 0 Å². The highest BCUT2D eigenvalue weighted by molar-refractivity contribution is 7.18. The van der Waals surface area contributed by atoms with E-state index in [1.54, 1.807) is 36.5 Å². The van der Waals surface area contributed by atoms with Crippen LogP contribution in [0.4, 0.5) is 0 Å². The molecule has 0 aliphatic heterocycles. The van der Waals surface area contributed by atoms with Gasteiger partial charge in [0.1, 0.15) is 10.8 Å². The van der Waals surface area contributed by atoms with Crippen molar-refractivity contribution in [3.05, 3.63) is 58.6 Å². The third-order valence-electron chi connectivity index (χ3n) is 3.22. The topological polar surface area (TPSA) is 62.2 Å². The quantitative estimate of drug-likeness (QED) is 0.780. The van der Waals surface area contributed by atoms with Crippen LogP contribution in [0.3, 0.4) is 0 Å². The third-order valence-corrected chi connectivity index (χ3v) is 4.26. The van der Waals surface area contributed by atoms with Crippen LogP contribution in [0.15, 0.2) is 42.5 Å². The molecule has 0 aliphatic rings. The smallest absolute Gasteiger partial charge is 0.255 e. The SMILES string of the molecule is Cc1cccc(C(=O)NCc2nc3ccccc3s2)c1O. The van der Waals surface area contributed by atoms with Crippen LogP contribution >= 0.6 is 11.3 Å². The second kappa shape index (κ2) is 5.54. The minimum Gasteiger partial charge on any atom is -0.507 e. The number of carbonyl (C=O) groups is 1. The Balaban J connectivity index is 1.75. The third kappa shape index (κ3) is 2.73. The number of aromatic nitrogens is 1. The highest BCUT2D eigenvalue weighted by Crippen LogP contribution is 2.23. The maximum absolute atomic E-state index is 12.1. The van der Waals surface area contributed by atoms with E-state index in [0.29, 0.717) is 12.1 Å². The number of rotatable bonds is 3. The standard InChI is InChI=1S/C16H14N2O2S/c1-10-5-4-6-11(15(10)19)16(20)17-9-14-18-12-7-2-3-8-13(12)21-14/h2-8,19H,9H2,1H3,(H,17,20). The van der Waals surface area contributed by atoms with E-state index in [0.717, 1.165) is 15.2 Å². The minimum absolute atomic E-state index is 0.0271. The molecule has 106 valence electrons. The highest BCUT2D eigenvalue weighted by atomic mass is 32.1. The molecular weight excluding hydrogens is 284 g/mol. The molecule has 2 aromatic carbocycles. The van der Waals surface area contributed by atoms with E-state index in [1.165, 1.54) is 0 Å². The van der Waals surface area contributed by atoms with Crippen molar-refractivity contribution in [3.63, 3.8) is 0 Å². The van der Waals surface area contributed by atoms with Crippen molar-refractivity contribution in [2.45, 2.75) is 13.5 Å². The van der Waals surface area contributed by atoms with Crippen molar-refractivity contribution in [2.75, 3.05) is 0 Å². The van der Waals surface area contributed by atoms with E-state index >= 15 is 0 Å². The average molecular weight is 298 g/mol. The number of fused-ring (bicyclic) bond motifs is 1. The second-order valence-corrected chi connectivity index (χ2v) is 5.84. The number of nitrogens with zero attached hydrogens (tertiary/aromatic N) is 1. The summed E-state index contributed by atoms with van der Waals surface area (Å²) in [4.78, 5) is 16.6. The summed E-state index contributed by atoms with van der Waals surface area (Å²) in [5, 5.41) is 13.5. The van der Waals surface area contributed by atoms with Crippen molar-refractivity contribution >= 4 is 27.5 Å². The van der Waals surface area contributed by atoms with Gasteiger partial charge >= 0.3 is 0 Å². The maximum Gasteiger partial charge on any atom is 0.255 e. The number of hydrogen-bond donors (Lipinski definition) is 2. The Morgan fingerprint density at radius 3 is 2.86 bits per heavy atom. The van der Waals surface area contributed by atoms with Gasteiger partial charge in [0.25, 0.3) is 5.91 Å². The van der Waals surface area contributed by atoms with Crippen molar-refractivity contribution < 1.29 is 9.90 Å². The monoisotopic (exact) mass is 298 g/mol. The normalized spacial score (nSPS) is 10.7. The van der Waals surface area contributed by atoms with E-state index < -0.39 is 0 Å². The van der Waals surface area contributed by atoms with Gasteiger partial charge in [-0.3, -0.25) is 4.79 Å². The molecule has 0 aliphatic carbocycles. The largest absolute Gasteiger partial charge is 0.507 e. The molecule has 0 saturated carbocycles. The van der Waals surface area contributed by atoms with E-state index in [4.69, 9.17) is 0 Å². The number of thiazole rings is 1. The molecule has 0 unspecified atom stereocenters. The first-order valence-corrected chi connectivity index (χ1v) is 7.38. The molecule has 3 aromatic rings. The van der Waals surface area contributed by atoms with Gasteiger partial charge in [0, 0.05) is 0 Å². The van der Waals surface area contributed by atoms with Crippen LogP contribution in [0.25, 0.3) is 10.2 Å². The Hall–Kier alpha value is -2.40. The Morgan fingerprint density at radius 2 is 2.05 bits per heavy atom. The zero-order valence-corrected chi connectivity index (χ0v) is 12.3. The summed E-state index contributed by atoms with van der Waals surface area (Å²) < 4.78 is 1.10. The van der Waals surface area contributed by atoms with Crippen LogP contribution in [-0.4, -0.2) is 16.0 Å². The van der Waals surface area contributed by atoms with Gasteiger partial charge in [-0.05, 0) is 30.7 Å². The van der Waals surface area contributed by atoms with Gasteiger partial charge in [-0.15, -0.1) is 11.3 Å². The van der Waals surface area contributed by atoms with Gasteiger partial charge in [0.15, 0.2) is 0 Å². The summed E-state index contributed by atoms with van der Waals surface area (Å²) in [6.45, 7) is 2.12. The zero-order valence-electron chi connectivity index (χ0n) is 11.5. The number of amides is 1. The Labute approximate surface area is 126 Å². The van der Waals surface area contributed by atoms with Gasteiger partial charge in [-0.2, -0.15) is 0 Å². The number of nitrogens with one attached hydrogen (secondary N) is 1. The van der Waals surface area contributed by atoms with E-state index in [9.17, 15) is 9.90 Å². The fourth-order valence-electron chi connectivity index (χ4n) is 2.09. The van der Waals surface area contributed by atoms with Crippen LogP contribution in [0, 0.1) is 6.92 Å². The summed E-state index contributed by atoms with van der Waals surface area (Å²) in [5.41, 5.74) is 1.91. The van der Waals surface area contributed by atoms with Crippen molar-refractivity contribution in [1.29, 1.82) is 0 Å². The maximum atomic E-state index is 12.1. The lowest BCUT2D eigenvalue weighted by Crippen LogP contribution is -2.22. The first-order chi connectivity index (χ1) is 10.1. The lowest BCUT2D eigenvalue weighted by molar-refractivity contribution is 0.0948. The van der Waals surface area contributed by atoms with E-state index in [-0.39, 0.29) is 17.2 Å². The predicted octanol–water partition coefficient (Wildman–Crippen LogP) is 3.24. The van der Waals surface area contributed by atoms with Gasteiger partial charge in [-0.25, -0.2) is 4.98 Å². The summed E-state index contributed by atoms with van der Waals surface area (Å²) in [7, 11) is 0. The fourth-order valence-corrected chi connectivity index (χ4v) is 3.00. The number of para-hydroxylation sites is 2. The lowest BCUT2D eigenvalue weighted by Gasteiger charge is -2.07. The van der Waals surface area contributed by atoms with Crippen molar-refractivity contribution in [1.82, 2.24) is 10.3 Å². The van der Waals surface area contributed by atoms with Crippen LogP contribution in [0.5, 0.6) is 5.75 Å². The van der Waals surface area contributed by atoms with E-state index in [1.807, 2.05) is 24.3 Å².